The lowest BCUT2D eigenvalue weighted by Gasteiger charge is -2.29. The van der Waals surface area contributed by atoms with E-state index in [9.17, 15) is 8.78 Å². The molecule has 1 aliphatic carbocycles. The Morgan fingerprint density at radius 3 is 2.40 bits per heavy atom. The highest BCUT2D eigenvalue weighted by Gasteiger charge is 2.39. The molecule has 0 bridgehead atoms. The fourth-order valence-electron chi connectivity index (χ4n) is 2.61. The van der Waals surface area contributed by atoms with E-state index in [-0.39, 0.29) is 11.7 Å². The summed E-state index contributed by atoms with van der Waals surface area (Å²) in [4.78, 5) is 0. The van der Waals surface area contributed by atoms with Gasteiger partial charge in [-0.15, -0.1) is 0 Å². The molecule has 112 valence electrons. The van der Waals surface area contributed by atoms with Gasteiger partial charge in [-0.2, -0.15) is 0 Å². The largest absolute Gasteiger partial charge is 0.376 e. The van der Waals surface area contributed by atoms with E-state index >= 15 is 0 Å². The SMILES string of the molecule is CCCNC(c1c(F)cccc1F)C(OCC)C1CC1. The number of rotatable bonds is 8. The standard InChI is InChI=1S/C16H23F2NO/c1-3-10-19-15(16(20-4-2)11-8-9-11)14-12(17)6-5-7-13(14)18/h5-7,11,15-16,19H,3-4,8-10H2,1-2H3. The van der Waals surface area contributed by atoms with Crippen LogP contribution in [0.2, 0.25) is 0 Å². The van der Waals surface area contributed by atoms with E-state index in [0.29, 0.717) is 19.1 Å². The molecule has 0 amide bonds. The van der Waals surface area contributed by atoms with Crippen LogP contribution >= 0.6 is 0 Å². The second-order valence-corrected chi connectivity index (χ2v) is 5.32. The number of hydrogen-bond acceptors (Lipinski definition) is 2. The molecular weight excluding hydrogens is 260 g/mol. The van der Waals surface area contributed by atoms with Crippen LogP contribution in [-0.2, 0) is 4.74 Å². The van der Waals surface area contributed by atoms with Crippen LogP contribution in [-0.4, -0.2) is 19.3 Å². The Labute approximate surface area is 119 Å². The van der Waals surface area contributed by atoms with Gasteiger partial charge in [-0.05, 0) is 50.8 Å². The number of ether oxygens (including phenoxy) is 1. The summed E-state index contributed by atoms with van der Waals surface area (Å²) in [6, 6.07) is 3.62. The van der Waals surface area contributed by atoms with Crippen molar-refractivity contribution in [1.29, 1.82) is 0 Å². The molecular formula is C16H23F2NO. The predicted molar refractivity (Wildman–Crippen MR) is 75.5 cm³/mol. The molecule has 2 nitrogen and oxygen atoms in total. The molecule has 0 aromatic heterocycles. The average Bonchev–Trinajstić information content (AvgIpc) is 3.24. The van der Waals surface area contributed by atoms with Gasteiger partial charge in [-0.1, -0.05) is 13.0 Å². The second kappa shape index (κ2) is 7.14. The topological polar surface area (TPSA) is 21.3 Å². The molecule has 0 radical (unpaired) electrons. The second-order valence-electron chi connectivity index (χ2n) is 5.32. The summed E-state index contributed by atoms with van der Waals surface area (Å²) in [5, 5.41) is 3.27. The number of hydrogen-bond donors (Lipinski definition) is 1. The average molecular weight is 283 g/mol. The van der Waals surface area contributed by atoms with Gasteiger partial charge in [0.1, 0.15) is 11.6 Å². The highest BCUT2D eigenvalue weighted by Crippen LogP contribution is 2.41. The van der Waals surface area contributed by atoms with E-state index in [2.05, 4.69) is 5.32 Å². The van der Waals surface area contributed by atoms with Gasteiger partial charge in [0.05, 0.1) is 12.1 Å². The molecule has 0 spiro atoms. The van der Waals surface area contributed by atoms with E-state index in [1.165, 1.54) is 18.2 Å². The van der Waals surface area contributed by atoms with Gasteiger partial charge in [0, 0.05) is 12.2 Å². The van der Waals surface area contributed by atoms with Crippen LogP contribution in [0.3, 0.4) is 0 Å². The van der Waals surface area contributed by atoms with Crippen LogP contribution in [0.1, 0.15) is 44.7 Å². The summed E-state index contributed by atoms with van der Waals surface area (Å²) in [5.74, 6) is -0.587. The first-order valence-corrected chi connectivity index (χ1v) is 7.47. The molecule has 0 saturated heterocycles. The maximum Gasteiger partial charge on any atom is 0.131 e. The van der Waals surface area contributed by atoms with E-state index in [4.69, 9.17) is 4.74 Å². The molecule has 1 N–H and O–H groups in total. The predicted octanol–water partition coefficient (Wildman–Crippen LogP) is 3.82. The highest BCUT2D eigenvalue weighted by molar-refractivity contribution is 5.25. The molecule has 1 fully saturated rings. The minimum absolute atomic E-state index is 0.117. The third kappa shape index (κ3) is 3.55. The zero-order chi connectivity index (χ0) is 14.5. The quantitative estimate of drug-likeness (QED) is 0.783. The normalized spacial score (nSPS) is 18.0. The van der Waals surface area contributed by atoms with Crippen LogP contribution < -0.4 is 5.32 Å². The maximum absolute atomic E-state index is 14.1. The van der Waals surface area contributed by atoms with Crippen molar-refractivity contribution < 1.29 is 13.5 Å². The summed E-state index contributed by atoms with van der Waals surface area (Å²) in [6.45, 7) is 5.23. The van der Waals surface area contributed by atoms with Crippen molar-refractivity contribution in [1.82, 2.24) is 5.32 Å². The summed E-state index contributed by atoms with van der Waals surface area (Å²) in [5.41, 5.74) is 0.117. The van der Waals surface area contributed by atoms with Crippen molar-refractivity contribution in [3.63, 3.8) is 0 Å². The Hall–Kier alpha value is -1.00. The maximum atomic E-state index is 14.1. The molecule has 4 heteroatoms. The van der Waals surface area contributed by atoms with Gasteiger partial charge in [0.25, 0.3) is 0 Å². The Balaban J connectivity index is 2.29. The summed E-state index contributed by atoms with van der Waals surface area (Å²) in [6.07, 6.45) is 2.91. The molecule has 0 heterocycles. The number of nitrogens with one attached hydrogen (secondary N) is 1. The van der Waals surface area contributed by atoms with E-state index in [1.807, 2.05) is 13.8 Å². The first-order valence-electron chi connectivity index (χ1n) is 7.47. The zero-order valence-corrected chi connectivity index (χ0v) is 12.2. The highest BCUT2D eigenvalue weighted by atomic mass is 19.1. The smallest absolute Gasteiger partial charge is 0.131 e. The van der Waals surface area contributed by atoms with Crippen molar-refractivity contribution in [2.24, 2.45) is 5.92 Å². The fraction of sp³-hybridized carbons (Fsp3) is 0.625. The van der Waals surface area contributed by atoms with Gasteiger partial charge in [0.15, 0.2) is 0 Å². The van der Waals surface area contributed by atoms with E-state index in [1.54, 1.807) is 0 Å². The minimum atomic E-state index is -0.496. The molecule has 1 saturated carbocycles. The lowest BCUT2D eigenvalue weighted by atomic mass is 9.96. The molecule has 1 aliphatic rings. The monoisotopic (exact) mass is 283 g/mol. The number of halogens is 2. The first-order chi connectivity index (χ1) is 9.69. The molecule has 2 rings (SSSR count). The molecule has 0 aliphatic heterocycles. The fourth-order valence-corrected chi connectivity index (χ4v) is 2.61. The van der Waals surface area contributed by atoms with Crippen LogP contribution in [0.25, 0.3) is 0 Å². The number of benzene rings is 1. The molecule has 1 aromatic rings. The Bertz CT molecular complexity index is 414. The van der Waals surface area contributed by atoms with Crippen LogP contribution in [0, 0.1) is 17.6 Å². The van der Waals surface area contributed by atoms with E-state index in [0.717, 1.165) is 19.3 Å². The third-order valence-corrected chi connectivity index (χ3v) is 3.70. The molecule has 20 heavy (non-hydrogen) atoms. The van der Waals surface area contributed by atoms with Crippen LogP contribution in [0.5, 0.6) is 0 Å². The lowest BCUT2D eigenvalue weighted by molar-refractivity contribution is 0.0168. The van der Waals surface area contributed by atoms with Gasteiger partial charge in [-0.3, -0.25) is 0 Å². The molecule has 1 aromatic carbocycles. The van der Waals surface area contributed by atoms with Crippen molar-refractivity contribution in [2.45, 2.75) is 45.3 Å². The summed E-state index contributed by atoms with van der Waals surface area (Å²) in [7, 11) is 0. The van der Waals surface area contributed by atoms with Crippen molar-refractivity contribution in [3.8, 4) is 0 Å². The zero-order valence-electron chi connectivity index (χ0n) is 12.2. The van der Waals surface area contributed by atoms with Gasteiger partial charge in [-0.25, -0.2) is 8.78 Å². The molecule has 2 atom stereocenters. The Kier molecular flexibility index (Phi) is 5.49. The van der Waals surface area contributed by atoms with Crippen LogP contribution in [0.4, 0.5) is 8.78 Å². The van der Waals surface area contributed by atoms with Crippen molar-refractivity contribution in [3.05, 3.63) is 35.4 Å². The molecule has 2 unspecified atom stereocenters. The van der Waals surface area contributed by atoms with Crippen molar-refractivity contribution in [2.75, 3.05) is 13.2 Å². The Morgan fingerprint density at radius 2 is 1.90 bits per heavy atom. The van der Waals surface area contributed by atoms with Gasteiger partial charge < -0.3 is 10.1 Å². The summed E-state index contributed by atoms with van der Waals surface area (Å²) < 4.78 is 33.9. The lowest BCUT2D eigenvalue weighted by Crippen LogP contribution is -2.37. The van der Waals surface area contributed by atoms with Gasteiger partial charge in [0.2, 0.25) is 0 Å². The summed E-state index contributed by atoms with van der Waals surface area (Å²) >= 11 is 0. The first kappa shape index (κ1) is 15.4. The van der Waals surface area contributed by atoms with Crippen LogP contribution in [0.15, 0.2) is 18.2 Å². The van der Waals surface area contributed by atoms with Crippen molar-refractivity contribution >= 4 is 0 Å². The third-order valence-electron chi connectivity index (χ3n) is 3.70. The van der Waals surface area contributed by atoms with Gasteiger partial charge >= 0.3 is 0 Å². The minimum Gasteiger partial charge on any atom is -0.376 e. The Morgan fingerprint density at radius 1 is 1.25 bits per heavy atom. The van der Waals surface area contributed by atoms with E-state index < -0.39 is 17.7 Å².